The molecule has 2 rings (SSSR count). The Bertz CT molecular complexity index is 305. The standard InChI is InChI=1S/C12H18N2/c1-9-5-6-14-8-11(9)12(13)7-10-3-2-4-10/h5-6,8,10,12H,2-4,7,13H2,1H3. The van der Waals surface area contributed by atoms with E-state index in [1.165, 1.54) is 30.4 Å². The van der Waals surface area contributed by atoms with Gasteiger partial charge in [-0.1, -0.05) is 19.3 Å². The van der Waals surface area contributed by atoms with Crippen molar-refractivity contribution >= 4 is 0 Å². The molecule has 1 saturated carbocycles. The first kappa shape index (κ1) is 9.66. The minimum absolute atomic E-state index is 0.189. The van der Waals surface area contributed by atoms with E-state index in [0.29, 0.717) is 0 Å². The molecule has 1 atom stereocenters. The zero-order valence-corrected chi connectivity index (χ0v) is 8.74. The molecule has 0 spiro atoms. The van der Waals surface area contributed by atoms with Crippen LogP contribution in [0.4, 0.5) is 0 Å². The zero-order valence-electron chi connectivity index (χ0n) is 8.74. The third-order valence-corrected chi connectivity index (χ3v) is 3.29. The lowest BCUT2D eigenvalue weighted by Crippen LogP contribution is -2.20. The van der Waals surface area contributed by atoms with Crippen LogP contribution in [0.5, 0.6) is 0 Å². The Morgan fingerprint density at radius 3 is 2.93 bits per heavy atom. The molecule has 1 aromatic heterocycles. The Hall–Kier alpha value is -0.890. The second kappa shape index (κ2) is 4.09. The Morgan fingerprint density at radius 2 is 2.36 bits per heavy atom. The SMILES string of the molecule is Cc1ccncc1C(N)CC1CCC1. The number of nitrogens with two attached hydrogens (primary N) is 1. The monoisotopic (exact) mass is 190 g/mol. The molecule has 0 aromatic carbocycles. The van der Waals surface area contributed by atoms with Crippen LogP contribution >= 0.6 is 0 Å². The number of hydrogen-bond acceptors (Lipinski definition) is 2. The fourth-order valence-electron chi connectivity index (χ4n) is 2.08. The lowest BCUT2D eigenvalue weighted by atomic mass is 9.79. The maximum Gasteiger partial charge on any atom is 0.0318 e. The molecular formula is C12H18N2. The van der Waals surface area contributed by atoms with E-state index in [4.69, 9.17) is 5.73 Å². The highest BCUT2D eigenvalue weighted by atomic mass is 14.7. The number of hydrogen-bond donors (Lipinski definition) is 1. The summed E-state index contributed by atoms with van der Waals surface area (Å²) in [5, 5.41) is 0. The van der Waals surface area contributed by atoms with Crippen LogP contribution in [-0.2, 0) is 0 Å². The molecule has 0 aliphatic heterocycles. The highest BCUT2D eigenvalue weighted by Gasteiger charge is 2.21. The van der Waals surface area contributed by atoms with Gasteiger partial charge in [0.05, 0.1) is 0 Å². The van der Waals surface area contributed by atoms with Crippen LogP contribution in [0.2, 0.25) is 0 Å². The molecule has 0 amide bonds. The van der Waals surface area contributed by atoms with Crippen molar-refractivity contribution in [2.75, 3.05) is 0 Å². The first-order valence-electron chi connectivity index (χ1n) is 5.43. The third kappa shape index (κ3) is 1.95. The zero-order chi connectivity index (χ0) is 9.97. The van der Waals surface area contributed by atoms with Crippen LogP contribution in [-0.4, -0.2) is 4.98 Å². The fourth-order valence-corrected chi connectivity index (χ4v) is 2.08. The number of pyridine rings is 1. The Kier molecular flexibility index (Phi) is 2.82. The van der Waals surface area contributed by atoms with Crippen LogP contribution in [0, 0.1) is 12.8 Å². The van der Waals surface area contributed by atoms with E-state index in [1.807, 2.05) is 18.5 Å². The van der Waals surface area contributed by atoms with Crippen LogP contribution in [0.3, 0.4) is 0 Å². The first-order chi connectivity index (χ1) is 6.77. The van der Waals surface area contributed by atoms with Crippen molar-refractivity contribution in [1.29, 1.82) is 0 Å². The average Bonchev–Trinajstić information content (AvgIpc) is 2.12. The molecule has 1 aliphatic carbocycles. The van der Waals surface area contributed by atoms with Gasteiger partial charge in [-0.05, 0) is 36.5 Å². The molecule has 1 heterocycles. The summed E-state index contributed by atoms with van der Waals surface area (Å²) >= 11 is 0. The van der Waals surface area contributed by atoms with E-state index in [0.717, 1.165) is 12.3 Å². The highest BCUT2D eigenvalue weighted by molar-refractivity contribution is 5.24. The van der Waals surface area contributed by atoms with Crippen molar-refractivity contribution < 1.29 is 0 Å². The summed E-state index contributed by atoms with van der Waals surface area (Å²) in [7, 11) is 0. The second-order valence-electron chi connectivity index (χ2n) is 4.37. The molecule has 1 aromatic rings. The molecule has 0 bridgehead atoms. The number of aryl methyl sites for hydroxylation is 1. The predicted octanol–water partition coefficient (Wildman–Crippen LogP) is 2.58. The van der Waals surface area contributed by atoms with Gasteiger partial charge in [0.2, 0.25) is 0 Å². The van der Waals surface area contributed by atoms with Crippen molar-refractivity contribution in [3.63, 3.8) is 0 Å². The summed E-state index contributed by atoms with van der Waals surface area (Å²) in [5.74, 6) is 0.865. The van der Waals surface area contributed by atoms with Crippen LogP contribution in [0.15, 0.2) is 18.5 Å². The first-order valence-corrected chi connectivity index (χ1v) is 5.43. The number of aromatic nitrogens is 1. The summed E-state index contributed by atoms with van der Waals surface area (Å²) in [6.45, 7) is 2.11. The predicted molar refractivity (Wildman–Crippen MR) is 57.9 cm³/mol. The van der Waals surface area contributed by atoms with E-state index in [1.54, 1.807) is 0 Å². The van der Waals surface area contributed by atoms with Gasteiger partial charge < -0.3 is 5.73 Å². The quantitative estimate of drug-likeness (QED) is 0.795. The van der Waals surface area contributed by atoms with E-state index < -0.39 is 0 Å². The van der Waals surface area contributed by atoms with Crippen LogP contribution in [0.25, 0.3) is 0 Å². The minimum Gasteiger partial charge on any atom is -0.324 e. The lowest BCUT2D eigenvalue weighted by molar-refractivity contribution is 0.277. The van der Waals surface area contributed by atoms with Crippen molar-refractivity contribution in [3.8, 4) is 0 Å². The van der Waals surface area contributed by atoms with Gasteiger partial charge in [0.1, 0.15) is 0 Å². The molecule has 2 heteroatoms. The molecule has 2 N–H and O–H groups in total. The number of rotatable bonds is 3. The Balaban J connectivity index is 2.02. The van der Waals surface area contributed by atoms with Crippen molar-refractivity contribution in [1.82, 2.24) is 4.98 Å². The van der Waals surface area contributed by atoms with Crippen molar-refractivity contribution in [3.05, 3.63) is 29.6 Å². The van der Waals surface area contributed by atoms with Gasteiger partial charge >= 0.3 is 0 Å². The van der Waals surface area contributed by atoms with Crippen LogP contribution < -0.4 is 5.73 Å². The topological polar surface area (TPSA) is 38.9 Å². The summed E-state index contributed by atoms with van der Waals surface area (Å²) in [6, 6.07) is 2.23. The lowest BCUT2D eigenvalue weighted by Gasteiger charge is -2.28. The van der Waals surface area contributed by atoms with Crippen molar-refractivity contribution in [2.45, 2.75) is 38.6 Å². The Morgan fingerprint density at radius 1 is 1.57 bits per heavy atom. The maximum absolute atomic E-state index is 6.17. The molecular weight excluding hydrogens is 172 g/mol. The van der Waals surface area contributed by atoms with E-state index >= 15 is 0 Å². The minimum atomic E-state index is 0.189. The van der Waals surface area contributed by atoms with Gasteiger partial charge in [-0.25, -0.2) is 0 Å². The number of nitrogens with zero attached hydrogens (tertiary/aromatic N) is 1. The maximum atomic E-state index is 6.17. The summed E-state index contributed by atoms with van der Waals surface area (Å²) in [6.07, 6.45) is 9.00. The van der Waals surface area contributed by atoms with Crippen LogP contribution in [0.1, 0.15) is 42.9 Å². The summed E-state index contributed by atoms with van der Waals surface area (Å²) in [4.78, 5) is 4.14. The summed E-state index contributed by atoms with van der Waals surface area (Å²) < 4.78 is 0. The molecule has 14 heavy (non-hydrogen) atoms. The second-order valence-corrected chi connectivity index (χ2v) is 4.37. The fraction of sp³-hybridized carbons (Fsp3) is 0.583. The highest BCUT2D eigenvalue weighted by Crippen LogP contribution is 2.34. The van der Waals surface area contributed by atoms with Gasteiger partial charge in [-0.3, -0.25) is 4.98 Å². The molecule has 1 unspecified atom stereocenters. The molecule has 0 saturated heterocycles. The van der Waals surface area contributed by atoms with Crippen molar-refractivity contribution in [2.24, 2.45) is 11.7 Å². The molecule has 76 valence electrons. The normalized spacial score (nSPS) is 19.0. The molecule has 2 nitrogen and oxygen atoms in total. The van der Waals surface area contributed by atoms with E-state index in [9.17, 15) is 0 Å². The third-order valence-electron chi connectivity index (χ3n) is 3.29. The average molecular weight is 190 g/mol. The van der Waals surface area contributed by atoms with Gasteiger partial charge in [0, 0.05) is 18.4 Å². The van der Waals surface area contributed by atoms with Gasteiger partial charge in [-0.2, -0.15) is 0 Å². The van der Waals surface area contributed by atoms with Gasteiger partial charge in [0.25, 0.3) is 0 Å². The van der Waals surface area contributed by atoms with Gasteiger partial charge in [-0.15, -0.1) is 0 Å². The smallest absolute Gasteiger partial charge is 0.0318 e. The Labute approximate surface area is 85.5 Å². The van der Waals surface area contributed by atoms with E-state index in [2.05, 4.69) is 11.9 Å². The van der Waals surface area contributed by atoms with Gasteiger partial charge in [0.15, 0.2) is 0 Å². The molecule has 1 aliphatic rings. The van der Waals surface area contributed by atoms with E-state index in [-0.39, 0.29) is 6.04 Å². The molecule has 0 radical (unpaired) electrons. The largest absolute Gasteiger partial charge is 0.324 e. The summed E-state index contributed by atoms with van der Waals surface area (Å²) in [5.41, 5.74) is 8.66. The molecule has 1 fully saturated rings.